The van der Waals surface area contributed by atoms with Gasteiger partial charge in [-0.2, -0.15) is 15.0 Å². The predicted molar refractivity (Wildman–Crippen MR) is 88.8 cm³/mol. The largest absolute Gasteiger partial charge is 0.347 e. The van der Waals surface area contributed by atoms with Crippen molar-refractivity contribution in [3.8, 4) is 0 Å². The summed E-state index contributed by atoms with van der Waals surface area (Å²) in [6, 6.07) is 6.02. The lowest BCUT2D eigenvalue weighted by molar-refractivity contribution is 0.956. The standard InChI is InChI=1S/C13H18BrN7/c1-4-8-7-9(14)5-6-10(8)16-11-17-12(20-15)19-13(18-11)21(2)3/h5-7H,4,15H2,1-3H3,(H2,16,17,18,19,20). The number of nitrogens with zero attached hydrogens (tertiary/aromatic N) is 4. The van der Waals surface area contributed by atoms with Gasteiger partial charge < -0.3 is 10.2 Å². The third-order valence-corrected chi connectivity index (χ3v) is 3.34. The van der Waals surface area contributed by atoms with Crippen molar-refractivity contribution in [1.29, 1.82) is 0 Å². The molecule has 0 bridgehead atoms. The number of hydrogen-bond donors (Lipinski definition) is 3. The van der Waals surface area contributed by atoms with Gasteiger partial charge in [-0.25, -0.2) is 5.84 Å². The third-order valence-electron chi connectivity index (χ3n) is 2.85. The Morgan fingerprint density at radius 1 is 1.19 bits per heavy atom. The second-order valence-corrected chi connectivity index (χ2v) is 5.52. The number of benzene rings is 1. The quantitative estimate of drug-likeness (QED) is 0.562. The van der Waals surface area contributed by atoms with Gasteiger partial charge in [-0.1, -0.05) is 22.9 Å². The van der Waals surface area contributed by atoms with E-state index in [1.54, 1.807) is 4.90 Å². The van der Waals surface area contributed by atoms with Gasteiger partial charge in [0.25, 0.3) is 0 Å². The normalized spacial score (nSPS) is 10.3. The fourth-order valence-corrected chi connectivity index (χ4v) is 2.19. The number of nitrogens with two attached hydrogens (primary N) is 1. The molecule has 0 atom stereocenters. The van der Waals surface area contributed by atoms with Crippen LogP contribution in [0.25, 0.3) is 0 Å². The minimum Gasteiger partial charge on any atom is -0.347 e. The lowest BCUT2D eigenvalue weighted by Crippen LogP contribution is -2.18. The summed E-state index contributed by atoms with van der Waals surface area (Å²) in [6.07, 6.45) is 0.898. The zero-order chi connectivity index (χ0) is 15.4. The summed E-state index contributed by atoms with van der Waals surface area (Å²) < 4.78 is 1.04. The number of nitrogen functional groups attached to an aromatic ring is 1. The molecule has 0 amide bonds. The van der Waals surface area contributed by atoms with E-state index in [2.05, 4.69) is 54.6 Å². The van der Waals surface area contributed by atoms with E-state index in [1.165, 1.54) is 5.56 Å². The van der Waals surface area contributed by atoms with Crippen molar-refractivity contribution < 1.29 is 0 Å². The molecule has 0 fully saturated rings. The average Bonchev–Trinajstić information content (AvgIpc) is 2.48. The maximum atomic E-state index is 5.40. The van der Waals surface area contributed by atoms with Crippen molar-refractivity contribution in [2.75, 3.05) is 29.7 Å². The fourth-order valence-electron chi connectivity index (χ4n) is 1.78. The number of hydrazine groups is 1. The molecule has 0 saturated heterocycles. The van der Waals surface area contributed by atoms with Gasteiger partial charge in [-0.15, -0.1) is 0 Å². The van der Waals surface area contributed by atoms with Crippen LogP contribution < -0.4 is 21.5 Å². The number of hydrogen-bond acceptors (Lipinski definition) is 7. The van der Waals surface area contributed by atoms with Gasteiger partial charge in [0.05, 0.1) is 0 Å². The van der Waals surface area contributed by atoms with E-state index in [4.69, 9.17) is 5.84 Å². The lowest BCUT2D eigenvalue weighted by Gasteiger charge is -2.14. The molecule has 1 heterocycles. The molecule has 1 aromatic carbocycles. The van der Waals surface area contributed by atoms with E-state index >= 15 is 0 Å². The van der Waals surface area contributed by atoms with Gasteiger partial charge in [-0.05, 0) is 30.2 Å². The van der Waals surface area contributed by atoms with Crippen molar-refractivity contribution in [2.45, 2.75) is 13.3 Å². The Hall–Kier alpha value is -1.93. The van der Waals surface area contributed by atoms with Gasteiger partial charge in [0.1, 0.15) is 0 Å². The van der Waals surface area contributed by atoms with Crippen molar-refractivity contribution in [2.24, 2.45) is 5.84 Å². The van der Waals surface area contributed by atoms with Gasteiger partial charge in [-0.3, -0.25) is 5.43 Å². The maximum Gasteiger partial charge on any atom is 0.243 e. The molecule has 1 aromatic heterocycles. The Balaban J connectivity index is 2.37. The number of aromatic nitrogens is 3. The Labute approximate surface area is 132 Å². The summed E-state index contributed by atoms with van der Waals surface area (Å²) in [5.41, 5.74) is 4.57. The molecule has 21 heavy (non-hydrogen) atoms. The predicted octanol–water partition coefficient (Wildman–Crippen LogP) is 2.29. The molecule has 7 nitrogen and oxygen atoms in total. The van der Waals surface area contributed by atoms with Crippen molar-refractivity contribution in [1.82, 2.24) is 15.0 Å². The minimum absolute atomic E-state index is 0.311. The van der Waals surface area contributed by atoms with Crippen LogP contribution in [0.4, 0.5) is 23.5 Å². The van der Waals surface area contributed by atoms with Crippen LogP contribution in [-0.4, -0.2) is 29.0 Å². The molecule has 2 aromatic rings. The Bertz CT molecular complexity index is 630. The minimum atomic E-state index is 0.311. The molecule has 0 aliphatic rings. The second-order valence-electron chi connectivity index (χ2n) is 4.60. The number of rotatable bonds is 5. The summed E-state index contributed by atoms with van der Waals surface area (Å²) in [5, 5.41) is 3.22. The molecule has 112 valence electrons. The Kier molecular flexibility index (Phi) is 4.92. The zero-order valence-corrected chi connectivity index (χ0v) is 13.8. The van der Waals surface area contributed by atoms with E-state index in [9.17, 15) is 0 Å². The number of nitrogens with one attached hydrogen (secondary N) is 2. The molecular formula is C13H18BrN7. The smallest absolute Gasteiger partial charge is 0.243 e. The number of anilines is 4. The van der Waals surface area contributed by atoms with Crippen molar-refractivity contribution >= 4 is 39.5 Å². The van der Waals surface area contributed by atoms with Crippen LogP contribution >= 0.6 is 15.9 Å². The highest BCUT2D eigenvalue weighted by molar-refractivity contribution is 9.10. The molecule has 0 saturated carbocycles. The highest BCUT2D eigenvalue weighted by Gasteiger charge is 2.09. The third kappa shape index (κ3) is 3.79. The molecule has 2 rings (SSSR count). The first-order valence-corrected chi connectivity index (χ1v) is 7.28. The maximum absolute atomic E-state index is 5.40. The molecule has 8 heteroatoms. The molecule has 0 radical (unpaired) electrons. The van der Waals surface area contributed by atoms with E-state index in [0.717, 1.165) is 16.6 Å². The Morgan fingerprint density at radius 2 is 1.90 bits per heavy atom. The van der Waals surface area contributed by atoms with E-state index in [0.29, 0.717) is 17.8 Å². The molecular weight excluding hydrogens is 334 g/mol. The van der Waals surface area contributed by atoms with Gasteiger partial charge >= 0.3 is 0 Å². The highest BCUT2D eigenvalue weighted by Crippen LogP contribution is 2.24. The van der Waals surface area contributed by atoms with Crippen molar-refractivity contribution in [3.63, 3.8) is 0 Å². The molecule has 0 spiro atoms. The summed E-state index contributed by atoms with van der Waals surface area (Å²) in [6.45, 7) is 2.10. The molecule has 0 unspecified atom stereocenters. The summed E-state index contributed by atoms with van der Waals surface area (Å²) in [7, 11) is 3.72. The van der Waals surface area contributed by atoms with E-state index in [1.807, 2.05) is 26.2 Å². The number of aryl methyl sites for hydroxylation is 1. The number of halogens is 1. The monoisotopic (exact) mass is 351 g/mol. The SMILES string of the molecule is CCc1cc(Br)ccc1Nc1nc(NN)nc(N(C)C)n1. The van der Waals surface area contributed by atoms with Crippen LogP contribution in [0.1, 0.15) is 12.5 Å². The average molecular weight is 352 g/mol. The molecule has 0 aliphatic carbocycles. The van der Waals surface area contributed by atoms with Crippen LogP contribution in [-0.2, 0) is 6.42 Å². The summed E-state index contributed by atoms with van der Waals surface area (Å²) >= 11 is 3.47. The Morgan fingerprint density at radius 3 is 2.52 bits per heavy atom. The van der Waals surface area contributed by atoms with Crippen LogP contribution in [0, 0.1) is 0 Å². The van der Waals surface area contributed by atoms with Crippen LogP contribution in [0.15, 0.2) is 22.7 Å². The lowest BCUT2D eigenvalue weighted by atomic mass is 10.1. The first kappa shape index (κ1) is 15.5. The fraction of sp³-hybridized carbons (Fsp3) is 0.308. The van der Waals surface area contributed by atoms with Crippen LogP contribution in [0.2, 0.25) is 0 Å². The van der Waals surface area contributed by atoms with Gasteiger partial charge in [0, 0.05) is 24.3 Å². The van der Waals surface area contributed by atoms with Gasteiger partial charge in [0.2, 0.25) is 17.8 Å². The first-order valence-electron chi connectivity index (χ1n) is 6.49. The van der Waals surface area contributed by atoms with Crippen LogP contribution in [0.5, 0.6) is 0 Å². The van der Waals surface area contributed by atoms with E-state index in [-0.39, 0.29) is 0 Å². The molecule has 4 N–H and O–H groups in total. The van der Waals surface area contributed by atoms with Crippen LogP contribution in [0.3, 0.4) is 0 Å². The zero-order valence-electron chi connectivity index (χ0n) is 12.2. The first-order chi connectivity index (χ1) is 10.0. The topological polar surface area (TPSA) is 92.0 Å². The van der Waals surface area contributed by atoms with E-state index < -0.39 is 0 Å². The summed E-state index contributed by atoms with van der Waals surface area (Å²) in [4.78, 5) is 14.5. The second kappa shape index (κ2) is 6.68. The molecule has 0 aliphatic heterocycles. The van der Waals surface area contributed by atoms with Gasteiger partial charge in [0.15, 0.2) is 0 Å². The highest BCUT2D eigenvalue weighted by atomic mass is 79.9. The van der Waals surface area contributed by atoms with Crippen molar-refractivity contribution in [3.05, 3.63) is 28.2 Å². The summed E-state index contributed by atoms with van der Waals surface area (Å²) in [5.74, 6) is 6.68.